The summed E-state index contributed by atoms with van der Waals surface area (Å²) in [5, 5.41) is 10.4. The highest BCUT2D eigenvalue weighted by atomic mass is 32.2. The van der Waals surface area contributed by atoms with E-state index in [1.165, 1.54) is 22.9 Å². The molecule has 2 aromatic rings. The Morgan fingerprint density at radius 3 is 2.71 bits per heavy atom. The maximum absolute atomic E-state index is 12.8. The van der Waals surface area contributed by atoms with Crippen LogP contribution in [0, 0.1) is 13.8 Å². The highest BCUT2D eigenvalue weighted by Gasteiger charge is 2.24. The van der Waals surface area contributed by atoms with Crippen LogP contribution in [0.5, 0.6) is 0 Å². The number of carbonyl (C=O) groups excluding carboxylic acids is 1. The van der Waals surface area contributed by atoms with Crippen LogP contribution in [0.4, 0.5) is 0 Å². The molecule has 1 amide bonds. The van der Waals surface area contributed by atoms with Gasteiger partial charge in [0, 0.05) is 24.2 Å². The zero-order valence-corrected chi connectivity index (χ0v) is 14.8. The van der Waals surface area contributed by atoms with Crippen molar-refractivity contribution in [2.75, 3.05) is 13.1 Å². The Hall–Kier alpha value is -1.85. The molecule has 1 fully saturated rings. The van der Waals surface area contributed by atoms with E-state index in [1.54, 1.807) is 12.3 Å². The largest absolute Gasteiger partial charge is 0.393 e. The van der Waals surface area contributed by atoms with Crippen LogP contribution in [0.1, 0.15) is 34.3 Å². The summed E-state index contributed by atoms with van der Waals surface area (Å²) in [6.07, 6.45) is 2.73. The van der Waals surface area contributed by atoms with E-state index in [2.05, 4.69) is 37.0 Å². The molecule has 5 heteroatoms. The summed E-state index contributed by atoms with van der Waals surface area (Å²) in [5.74, 6) is 0.00210. The fourth-order valence-corrected chi connectivity index (χ4v) is 3.84. The fourth-order valence-electron chi connectivity index (χ4n) is 2.89. The van der Waals surface area contributed by atoms with Crippen molar-refractivity contribution >= 4 is 17.7 Å². The van der Waals surface area contributed by atoms with Crippen LogP contribution in [-0.4, -0.2) is 40.1 Å². The Labute approximate surface area is 146 Å². The quantitative estimate of drug-likeness (QED) is 0.928. The van der Waals surface area contributed by atoms with Gasteiger partial charge < -0.3 is 10.0 Å². The van der Waals surface area contributed by atoms with Crippen LogP contribution >= 0.6 is 11.8 Å². The number of aryl methyl sites for hydroxylation is 2. The minimum Gasteiger partial charge on any atom is -0.393 e. The number of aliphatic hydroxyl groups excluding tert-OH is 1. The molecule has 1 aromatic carbocycles. The lowest BCUT2D eigenvalue weighted by atomic mass is 10.1. The van der Waals surface area contributed by atoms with Gasteiger partial charge in [-0.25, -0.2) is 4.98 Å². The predicted molar refractivity (Wildman–Crippen MR) is 95.4 cm³/mol. The van der Waals surface area contributed by atoms with E-state index in [9.17, 15) is 9.90 Å². The molecule has 3 rings (SSSR count). The Morgan fingerprint density at radius 1 is 1.25 bits per heavy atom. The number of amides is 1. The average Bonchev–Trinajstić information content (AvgIpc) is 2.58. The first-order chi connectivity index (χ1) is 11.5. The Kier molecular flexibility index (Phi) is 5.21. The Bertz CT molecular complexity index is 740. The molecule has 0 radical (unpaired) electrons. The van der Waals surface area contributed by atoms with Crippen LogP contribution in [0.15, 0.2) is 46.5 Å². The van der Waals surface area contributed by atoms with E-state index >= 15 is 0 Å². The standard InChI is InChI=1S/C19H22N2O2S/c1-13-5-6-17(14(2)12-13)24-18-16(4-3-9-20-18)19(23)21-10-7-15(22)8-11-21/h3-6,9,12,15,22H,7-8,10-11H2,1-2H3. The van der Waals surface area contributed by atoms with E-state index in [1.807, 2.05) is 11.0 Å². The summed E-state index contributed by atoms with van der Waals surface area (Å²) < 4.78 is 0. The molecular weight excluding hydrogens is 320 g/mol. The number of hydrogen-bond donors (Lipinski definition) is 1. The van der Waals surface area contributed by atoms with E-state index in [0.29, 0.717) is 31.5 Å². The third-order valence-electron chi connectivity index (χ3n) is 4.29. The van der Waals surface area contributed by atoms with Crippen molar-refractivity contribution in [3.63, 3.8) is 0 Å². The van der Waals surface area contributed by atoms with Gasteiger partial charge in [0.15, 0.2) is 0 Å². The van der Waals surface area contributed by atoms with Crippen molar-refractivity contribution in [1.82, 2.24) is 9.88 Å². The predicted octanol–water partition coefficient (Wildman–Crippen LogP) is 3.45. The number of aliphatic hydroxyl groups is 1. The minimum atomic E-state index is -0.285. The van der Waals surface area contributed by atoms with E-state index in [-0.39, 0.29) is 12.0 Å². The van der Waals surface area contributed by atoms with Gasteiger partial charge in [-0.05, 0) is 50.5 Å². The zero-order valence-electron chi connectivity index (χ0n) is 14.0. The Morgan fingerprint density at radius 2 is 2.00 bits per heavy atom. The van der Waals surface area contributed by atoms with Crippen molar-refractivity contribution in [2.24, 2.45) is 0 Å². The summed E-state index contributed by atoms with van der Waals surface area (Å²) in [6.45, 7) is 5.35. The second-order valence-corrected chi connectivity index (χ2v) is 7.28. The molecule has 0 saturated carbocycles. The van der Waals surface area contributed by atoms with Crippen LogP contribution < -0.4 is 0 Å². The van der Waals surface area contributed by atoms with Crippen molar-refractivity contribution in [3.05, 3.63) is 53.2 Å². The highest BCUT2D eigenvalue weighted by molar-refractivity contribution is 7.99. The topological polar surface area (TPSA) is 53.4 Å². The molecule has 1 saturated heterocycles. The second kappa shape index (κ2) is 7.36. The minimum absolute atomic E-state index is 0.00210. The number of hydrogen-bond acceptors (Lipinski definition) is 4. The van der Waals surface area contributed by atoms with Crippen molar-refractivity contribution in [2.45, 2.75) is 42.7 Å². The lowest BCUT2D eigenvalue weighted by Gasteiger charge is -2.30. The number of pyridine rings is 1. The monoisotopic (exact) mass is 342 g/mol. The molecule has 4 nitrogen and oxygen atoms in total. The summed E-state index contributed by atoms with van der Waals surface area (Å²) in [6, 6.07) is 9.93. The molecule has 0 spiro atoms. The molecule has 24 heavy (non-hydrogen) atoms. The second-order valence-electron chi connectivity index (χ2n) is 6.25. The molecule has 0 aliphatic carbocycles. The van der Waals surface area contributed by atoms with Gasteiger partial charge in [-0.2, -0.15) is 0 Å². The molecule has 1 aliphatic rings. The molecule has 0 unspecified atom stereocenters. The zero-order chi connectivity index (χ0) is 17.1. The number of rotatable bonds is 3. The summed E-state index contributed by atoms with van der Waals surface area (Å²) in [7, 11) is 0. The van der Waals surface area contributed by atoms with Gasteiger partial charge in [0.25, 0.3) is 5.91 Å². The summed E-state index contributed by atoms with van der Waals surface area (Å²) in [5.41, 5.74) is 3.05. The normalized spacial score (nSPS) is 15.5. The number of carbonyl (C=O) groups is 1. The van der Waals surface area contributed by atoms with Crippen LogP contribution in [0.2, 0.25) is 0 Å². The molecule has 1 aliphatic heterocycles. The molecular formula is C19H22N2O2S. The first-order valence-electron chi connectivity index (χ1n) is 8.22. The SMILES string of the molecule is Cc1ccc(Sc2ncccc2C(=O)N2CCC(O)CC2)c(C)c1. The van der Waals surface area contributed by atoms with E-state index in [0.717, 1.165) is 9.92 Å². The van der Waals surface area contributed by atoms with Gasteiger partial charge >= 0.3 is 0 Å². The van der Waals surface area contributed by atoms with E-state index in [4.69, 9.17) is 0 Å². The molecule has 2 heterocycles. The third-order valence-corrected chi connectivity index (χ3v) is 5.49. The maximum Gasteiger partial charge on any atom is 0.256 e. The lowest BCUT2D eigenvalue weighted by molar-refractivity contribution is 0.0543. The first-order valence-corrected chi connectivity index (χ1v) is 9.03. The van der Waals surface area contributed by atoms with Gasteiger partial charge in [-0.3, -0.25) is 4.79 Å². The lowest BCUT2D eigenvalue weighted by Crippen LogP contribution is -2.40. The number of likely N-dealkylation sites (tertiary alicyclic amines) is 1. The molecule has 0 atom stereocenters. The van der Waals surface area contributed by atoms with Gasteiger partial charge in [0.2, 0.25) is 0 Å². The van der Waals surface area contributed by atoms with Crippen LogP contribution in [0.25, 0.3) is 0 Å². The Balaban J connectivity index is 1.83. The van der Waals surface area contributed by atoms with Gasteiger partial charge in [-0.15, -0.1) is 0 Å². The molecule has 126 valence electrons. The van der Waals surface area contributed by atoms with Crippen molar-refractivity contribution in [1.29, 1.82) is 0 Å². The molecule has 1 N–H and O–H groups in total. The third kappa shape index (κ3) is 3.79. The number of aromatic nitrogens is 1. The molecule has 0 bridgehead atoms. The maximum atomic E-state index is 12.8. The van der Waals surface area contributed by atoms with Gasteiger partial charge in [0.1, 0.15) is 5.03 Å². The number of piperidine rings is 1. The van der Waals surface area contributed by atoms with E-state index < -0.39 is 0 Å². The first kappa shape index (κ1) is 17.0. The van der Waals surface area contributed by atoms with Crippen LogP contribution in [0.3, 0.4) is 0 Å². The summed E-state index contributed by atoms with van der Waals surface area (Å²) >= 11 is 1.53. The average molecular weight is 342 g/mol. The van der Waals surface area contributed by atoms with Gasteiger partial charge in [0.05, 0.1) is 11.7 Å². The highest BCUT2D eigenvalue weighted by Crippen LogP contribution is 2.32. The number of nitrogens with zero attached hydrogens (tertiary/aromatic N) is 2. The smallest absolute Gasteiger partial charge is 0.256 e. The summed E-state index contributed by atoms with van der Waals surface area (Å²) in [4.78, 5) is 20.2. The van der Waals surface area contributed by atoms with Crippen LogP contribution in [-0.2, 0) is 0 Å². The van der Waals surface area contributed by atoms with Crippen molar-refractivity contribution < 1.29 is 9.90 Å². The fraction of sp³-hybridized carbons (Fsp3) is 0.368. The van der Waals surface area contributed by atoms with Gasteiger partial charge in [-0.1, -0.05) is 29.5 Å². The molecule has 1 aromatic heterocycles. The number of benzene rings is 1. The van der Waals surface area contributed by atoms with Crippen molar-refractivity contribution in [3.8, 4) is 0 Å².